The van der Waals surface area contributed by atoms with Crippen LogP contribution in [0.1, 0.15) is 34.6 Å². The van der Waals surface area contributed by atoms with Crippen LogP contribution in [0, 0.1) is 5.92 Å². The van der Waals surface area contributed by atoms with E-state index in [2.05, 4.69) is 44.8 Å². The fourth-order valence-corrected chi connectivity index (χ4v) is 2.06. The topological polar surface area (TPSA) is 33.7 Å². The fourth-order valence-electron chi connectivity index (χ4n) is 2.06. The van der Waals surface area contributed by atoms with Gasteiger partial charge in [0.2, 0.25) is 0 Å². The summed E-state index contributed by atoms with van der Waals surface area (Å²) in [5, 5.41) is 3.61. The van der Waals surface area contributed by atoms with Crippen LogP contribution in [-0.2, 0) is 9.47 Å². The summed E-state index contributed by atoms with van der Waals surface area (Å²) < 4.78 is 10.4. The molecule has 19 heavy (non-hydrogen) atoms. The third kappa shape index (κ3) is 9.38. The smallest absolute Gasteiger partial charge is 0.0589 e. The molecule has 116 valence electrons. The van der Waals surface area contributed by atoms with E-state index in [1.807, 2.05) is 0 Å². The molecule has 0 amide bonds. The molecule has 0 aliphatic rings. The molecule has 0 aromatic heterocycles. The molecule has 1 atom stereocenters. The van der Waals surface area contributed by atoms with Crippen molar-refractivity contribution in [3.8, 4) is 0 Å². The quantitative estimate of drug-likeness (QED) is 0.660. The van der Waals surface area contributed by atoms with Crippen molar-refractivity contribution in [2.75, 3.05) is 47.1 Å². The van der Waals surface area contributed by atoms with Gasteiger partial charge in [0.05, 0.1) is 13.2 Å². The van der Waals surface area contributed by atoms with E-state index in [9.17, 15) is 0 Å². The van der Waals surface area contributed by atoms with E-state index in [1.165, 1.54) is 0 Å². The average Bonchev–Trinajstić information content (AvgIpc) is 2.29. The number of ether oxygens (including phenoxy) is 2. The third-order valence-corrected chi connectivity index (χ3v) is 3.25. The highest BCUT2D eigenvalue weighted by Gasteiger charge is 2.23. The van der Waals surface area contributed by atoms with Crippen molar-refractivity contribution in [1.82, 2.24) is 10.2 Å². The highest BCUT2D eigenvalue weighted by Crippen LogP contribution is 2.12. The Morgan fingerprint density at radius 1 is 1.00 bits per heavy atom. The van der Waals surface area contributed by atoms with Crippen LogP contribution in [0.2, 0.25) is 0 Å². The molecule has 0 aromatic carbocycles. The first kappa shape index (κ1) is 18.8. The van der Waals surface area contributed by atoms with Crippen molar-refractivity contribution in [3.05, 3.63) is 0 Å². The van der Waals surface area contributed by atoms with Crippen molar-refractivity contribution in [1.29, 1.82) is 0 Å². The summed E-state index contributed by atoms with van der Waals surface area (Å²) in [5.41, 5.74) is 0.154. The van der Waals surface area contributed by atoms with Crippen molar-refractivity contribution in [2.24, 2.45) is 5.92 Å². The monoisotopic (exact) mass is 274 g/mol. The van der Waals surface area contributed by atoms with Crippen LogP contribution >= 0.6 is 0 Å². The molecule has 1 unspecified atom stereocenters. The number of hydrogen-bond acceptors (Lipinski definition) is 4. The average molecular weight is 274 g/mol. The lowest BCUT2D eigenvalue weighted by Crippen LogP contribution is -2.51. The van der Waals surface area contributed by atoms with Gasteiger partial charge in [0.1, 0.15) is 0 Å². The maximum absolute atomic E-state index is 5.22. The van der Waals surface area contributed by atoms with Gasteiger partial charge in [0.25, 0.3) is 0 Å². The molecule has 0 aromatic rings. The molecule has 1 N–H and O–H groups in total. The van der Waals surface area contributed by atoms with Gasteiger partial charge in [-0.25, -0.2) is 0 Å². The molecule has 0 saturated heterocycles. The Morgan fingerprint density at radius 3 is 1.79 bits per heavy atom. The number of hydrogen-bond donors (Lipinski definition) is 1. The van der Waals surface area contributed by atoms with E-state index in [-0.39, 0.29) is 5.54 Å². The zero-order chi connectivity index (χ0) is 14.9. The van der Waals surface area contributed by atoms with Gasteiger partial charge in [0, 0.05) is 45.4 Å². The summed E-state index contributed by atoms with van der Waals surface area (Å²) >= 11 is 0. The lowest BCUT2D eigenvalue weighted by molar-refractivity contribution is 0.0688. The minimum absolute atomic E-state index is 0.154. The standard InChI is InChI=1S/C15H34N2O2/c1-13(2)14(12-16-15(3,4)5)17(8-10-18-6)9-11-19-7/h13-14,16H,8-12H2,1-7H3. The Kier molecular flexibility index (Phi) is 9.62. The predicted octanol–water partition coefficient (Wildman–Crippen LogP) is 1.99. The Hall–Kier alpha value is -0.160. The van der Waals surface area contributed by atoms with Crippen LogP contribution < -0.4 is 5.32 Å². The van der Waals surface area contributed by atoms with E-state index in [0.29, 0.717) is 12.0 Å². The van der Waals surface area contributed by atoms with Gasteiger partial charge < -0.3 is 14.8 Å². The SMILES string of the molecule is COCCN(CCOC)C(CNC(C)(C)C)C(C)C. The molecule has 0 fully saturated rings. The summed E-state index contributed by atoms with van der Waals surface area (Å²) in [6, 6.07) is 0.504. The van der Waals surface area contributed by atoms with Gasteiger partial charge in [0.15, 0.2) is 0 Å². The first-order valence-electron chi connectivity index (χ1n) is 7.28. The van der Waals surface area contributed by atoms with Crippen LogP contribution in [0.25, 0.3) is 0 Å². The molecule has 0 saturated carbocycles. The molecule has 0 spiro atoms. The van der Waals surface area contributed by atoms with E-state index in [4.69, 9.17) is 9.47 Å². The number of nitrogens with zero attached hydrogens (tertiary/aromatic N) is 1. The zero-order valence-electron chi connectivity index (χ0n) is 14.0. The maximum atomic E-state index is 5.22. The Morgan fingerprint density at radius 2 is 1.47 bits per heavy atom. The van der Waals surface area contributed by atoms with E-state index < -0.39 is 0 Å². The van der Waals surface area contributed by atoms with E-state index >= 15 is 0 Å². The molecular formula is C15H34N2O2. The first-order valence-corrected chi connectivity index (χ1v) is 7.28. The normalized spacial score (nSPS) is 14.4. The van der Waals surface area contributed by atoms with Gasteiger partial charge >= 0.3 is 0 Å². The summed E-state index contributed by atoms with van der Waals surface area (Å²) in [4.78, 5) is 2.47. The van der Waals surface area contributed by atoms with Crippen LogP contribution in [-0.4, -0.2) is 63.5 Å². The van der Waals surface area contributed by atoms with Crippen molar-refractivity contribution >= 4 is 0 Å². The van der Waals surface area contributed by atoms with Gasteiger partial charge in [-0.2, -0.15) is 0 Å². The van der Waals surface area contributed by atoms with Gasteiger partial charge in [-0.15, -0.1) is 0 Å². The van der Waals surface area contributed by atoms with Crippen LogP contribution in [0.4, 0.5) is 0 Å². The minimum atomic E-state index is 0.154. The third-order valence-electron chi connectivity index (χ3n) is 3.25. The Balaban J connectivity index is 4.54. The second-order valence-electron chi connectivity index (χ2n) is 6.46. The Bertz CT molecular complexity index is 207. The minimum Gasteiger partial charge on any atom is -0.383 e. The lowest BCUT2D eigenvalue weighted by atomic mass is 10.0. The van der Waals surface area contributed by atoms with Crippen LogP contribution in [0.3, 0.4) is 0 Å². The lowest BCUT2D eigenvalue weighted by Gasteiger charge is -2.36. The van der Waals surface area contributed by atoms with Gasteiger partial charge in [-0.3, -0.25) is 4.90 Å². The van der Waals surface area contributed by atoms with E-state index in [1.54, 1.807) is 14.2 Å². The molecule has 4 heteroatoms. The highest BCUT2D eigenvalue weighted by molar-refractivity contribution is 4.81. The summed E-state index contributed by atoms with van der Waals surface area (Å²) in [5.74, 6) is 0.601. The van der Waals surface area contributed by atoms with Crippen LogP contribution in [0.5, 0.6) is 0 Å². The second kappa shape index (κ2) is 9.70. The molecule has 4 nitrogen and oxygen atoms in total. The molecule has 0 radical (unpaired) electrons. The Labute approximate surface area is 119 Å². The van der Waals surface area contributed by atoms with Crippen molar-refractivity contribution in [3.63, 3.8) is 0 Å². The van der Waals surface area contributed by atoms with Gasteiger partial charge in [-0.05, 0) is 26.7 Å². The second-order valence-corrected chi connectivity index (χ2v) is 6.46. The fraction of sp³-hybridized carbons (Fsp3) is 1.00. The first-order chi connectivity index (χ1) is 8.81. The number of rotatable bonds is 10. The summed E-state index contributed by atoms with van der Waals surface area (Å²) in [6.45, 7) is 15.6. The zero-order valence-corrected chi connectivity index (χ0v) is 14.0. The predicted molar refractivity (Wildman–Crippen MR) is 81.7 cm³/mol. The number of methoxy groups -OCH3 is 2. The van der Waals surface area contributed by atoms with Crippen molar-refractivity contribution in [2.45, 2.75) is 46.2 Å². The highest BCUT2D eigenvalue weighted by atomic mass is 16.5. The molecule has 0 aliphatic carbocycles. The van der Waals surface area contributed by atoms with Crippen LogP contribution in [0.15, 0.2) is 0 Å². The maximum Gasteiger partial charge on any atom is 0.0589 e. The summed E-state index contributed by atoms with van der Waals surface area (Å²) in [7, 11) is 3.51. The van der Waals surface area contributed by atoms with Crippen molar-refractivity contribution < 1.29 is 9.47 Å². The van der Waals surface area contributed by atoms with Gasteiger partial charge in [-0.1, -0.05) is 13.8 Å². The summed E-state index contributed by atoms with van der Waals surface area (Å²) in [6.07, 6.45) is 0. The molecule has 0 rings (SSSR count). The van der Waals surface area contributed by atoms with E-state index in [0.717, 1.165) is 32.8 Å². The molecule has 0 heterocycles. The molecular weight excluding hydrogens is 240 g/mol. The largest absolute Gasteiger partial charge is 0.383 e. The molecule has 0 bridgehead atoms. The molecule has 0 aliphatic heterocycles. The number of nitrogens with one attached hydrogen (secondary N) is 1.